The molecule has 2 aromatic heterocycles. The molecule has 0 saturated carbocycles. The first-order chi connectivity index (χ1) is 60.8. The molecule has 0 atom stereocenters. The molecule has 9 radical (unpaired) electrons. The maximum absolute atomic E-state index is 3.38. The van der Waals surface area contributed by atoms with Gasteiger partial charge in [0.05, 0.1) is 0 Å². The normalized spacial score (nSPS) is 9.71. The van der Waals surface area contributed by atoms with Crippen molar-refractivity contribution in [3.05, 3.63) is 531 Å². The van der Waals surface area contributed by atoms with Gasteiger partial charge >= 0.3 is 0 Å². The predicted molar refractivity (Wildman–Crippen MR) is 516 cm³/mol. The van der Waals surface area contributed by atoms with Gasteiger partial charge in [-0.25, -0.2) is 79.9 Å². The average molecular weight is 2380 g/mol. The summed E-state index contributed by atoms with van der Waals surface area (Å²) in [6.45, 7) is 12.4. The molecule has 0 fully saturated rings. The molecule has 0 bridgehead atoms. The number of aromatic nitrogens is 2. The van der Waals surface area contributed by atoms with E-state index in [4.69, 9.17) is 0 Å². The second-order valence-corrected chi connectivity index (χ2v) is 29.7. The number of fused-ring (bicyclic) bond motifs is 6. The van der Waals surface area contributed by atoms with Crippen LogP contribution in [0.3, 0.4) is 0 Å². The van der Waals surface area contributed by atoms with Crippen molar-refractivity contribution in [3.8, 4) is 100 Å². The third-order valence-electron chi connectivity index (χ3n) is 20.6. The largest absolute Gasteiger partial charge is 0.383 e. The smallest absolute Gasteiger partial charge is 0.0488 e. The van der Waals surface area contributed by atoms with Gasteiger partial charge in [0, 0.05) is 336 Å². The molecule has 133 heavy (non-hydrogen) atoms. The summed E-state index contributed by atoms with van der Waals surface area (Å²) < 4.78 is 4.46. The first kappa shape index (κ1) is 118. The number of nitrogens with zero attached hydrogens (tertiary/aromatic N) is 2. The van der Waals surface area contributed by atoms with Crippen molar-refractivity contribution in [2.45, 2.75) is 41.5 Å². The van der Waals surface area contributed by atoms with E-state index in [1.165, 1.54) is 71.4 Å². The fourth-order valence-electron chi connectivity index (χ4n) is 14.1. The molecule has 2 heterocycles. The van der Waals surface area contributed by atoms with E-state index in [1.54, 1.807) is 0 Å². The van der Waals surface area contributed by atoms with E-state index in [1.807, 2.05) is 237 Å². The molecule has 0 aliphatic rings. The molecule has 11 heteroatoms. The SMILES string of the molecule is Cc1[c-]c(-c2[c-]cccc2)ccc1.Cc1c[c-]c(-c2[c-]c[c-]c(-c3[c-]cccc3)c2)cc1.Cc1c[c-]c(-c2[c-]cccc2)cc1.Cc1cc[c-]c(-c2[c-]c[c-]c(-c3[c-]cccc3)c2)c1.Cc1cc[c-]c(-c2[c-]cccc2)c1.Cc1ccc[c-]c1-c1[c-]cccc1.Cn1c2c[c-]c(-c3[c-]cccc3)cc2c2ccccc21.Cn1c2ccccc2c2ccccc21.[Y].[Y].[Y].[Y].[Y].[Y].[Y].[Y].[Y]. The molecule has 0 amide bonds. The van der Waals surface area contributed by atoms with Crippen LogP contribution in [-0.4, -0.2) is 9.13 Å². The molecule has 631 valence electrons. The molecular weight excluding hydrogens is 2290 g/mol. The van der Waals surface area contributed by atoms with E-state index in [0.29, 0.717) is 0 Å². The summed E-state index contributed by atoms with van der Waals surface area (Å²) >= 11 is 0. The summed E-state index contributed by atoms with van der Waals surface area (Å²) in [7, 11) is 4.22. The first-order valence-electron chi connectivity index (χ1n) is 41.2. The Kier molecular flexibility index (Phi) is 55.7. The minimum atomic E-state index is 0. The zero-order valence-electron chi connectivity index (χ0n) is 76.0. The Balaban J connectivity index is 0.000000268. The van der Waals surface area contributed by atoms with Crippen molar-refractivity contribution < 1.29 is 294 Å². The van der Waals surface area contributed by atoms with Gasteiger partial charge in [0.25, 0.3) is 0 Å². The van der Waals surface area contributed by atoms with Gasteiger partial charge in [0.2, 0.25) is 0 Å². The Morgan fingerprint density at radius 3 is 0.842 bits per heavy atom. The van der Waals surface area contributed by atoms with E-state index in [-0.39, 0.29) is 294 Å². The molecule has 0 unspecified atom stereocenters. The van der Waals surface area contributed by atoms with Crippen LogP contribution >= 0.6 is 0 Å². The van der Waals surface area contributed by atoms with Crippen molar-refractivity contribution in [3.63, 3.8) is 0 Å². The van der Waals surface area contributed by atoms with Crippen LogP contribution in [0.4, 0.5) is 0 Å². The first-order valence-corrected chi connectivity index (χ1v) is 41.2. The second kappa shape index (κ2) is 62.7. The molecule has 21 rings (SSSR count). The summed E-state index contributed by atoms with van der Waals surface area (Å²) in [6.07, 6.45) is 0. The van der Waals surface area contributed by atoms with E-state index < -0.39 is 0 Å². The van der Waals surface area contributed by atoms with Gasteiger partial charge < -0.3 is 67.8 Å². The fourth-order valence-corrected chi connectivity index (χ4v) is 14.1. The number of para-hydroxylation sites is 3. The van der Waals surface area contributed by atoms with E-state index in [2.05, 4.69) is 325 Å². The van der Waals surface area contributed by atoms with E-state index in [0.717, 1.165) is 106 Å². The maximum Gasteiger partial charge on any atom is 0.0488 e. The number of rotatable bonds is 9. The van der Waals surface area contributed by atoms with Gasteiger partial charge in [-0.05, 0) is 29.1 Å². The standard InChI is InChI=1S/C19H13N.2C19H12.C13H11N.4C13H10.9Y/c1-20-18-10-6-5-9-16(18)17-13-15(11-12-19(17)20)14-7-3-2-4-8-14;1-15-7-5-10-17(13-15)19-12-6-11-18(14-19)16-8-3-2-4-9-16;1-15-10-12-17(13-11-15)19-9-5-8-18(14-19)16-6-3-2-4-7-16;1-14-12-8-4-2-6-10(12)11-7-3-5-9-13(11)14;1-11-7-5-6-10-13(11)12-8-3-2-4-9-12;2*1-11-6-5-9-13(10-11)12-7-3-2-4-8-12;1-11-7-9-13(10-8-11)12-5-3-2-4-6-12;;;;;;;;;/h2-7,9-10,12-13H,1H3;2-8,13-14H,1H3;2-6,10-12,14H,1H3;2-9H,1H3;2-8H,1H3;2-7,10H,1H3;2-7,9H,1H3;2-5,7-9H,1H3;;;;;;;;;/q-2;2*-4;;4*-2;;;;;;;;;. The van der Waals surface area contributed by atoms with E-state index >= 15 is 0 Å². The summed E-state index contributed by atoms with van der Waals surface area (Å²) in [6, 6.07) is 188. The molecule has 0 N–H and O–H groups in total. The van der Waals surface area contributed by atoms with Gasteiger partial charge in [-0.1, -0.05) is 102 Å². The molecule has 0 aliphatic carbocycles. The molecule has 0 spiro atoms. The Morgan fingerprint density at radius 1 is 0.180 bits per heavy atom. The van der Waals surface area contributed by atoms with Crippen LogP contribution in [0, 0.1) is 151 Å². The van der Waals surface area contributed by atoms with E-state index in [9.17, 15) is 0 Å². The quantitative estimate of drug-likeness (QED) is 0.128. The van der Waals surface area contributed by atoms with Crippen molar-refractivity contribution in [2.24, 2.45) is 14.1 Å². The summed E-state index contributed by atoms with van der Waals surface area (Å²) in [5.74, 6) is 0. The Labute approximate surface area is 1020 Å². The van der Waals surface area contributed by atoms with Crippen molar-refractivity contribution in [1.29, 1.82) is 0 Å². The number of aryl methyl sites for hydroxylation is 8. The van der Waals surface area contributed by atoms with Crippen LogP contribution in [0.1, 0.15) is 33.4 Å². The molecule has 19 aromatic carbocycles. The number of hydrogen-bond acceptors (Lipinski definition) is 0. The molecule has 2 nitrogen and oxygen atoms in total. The van der Waals surface area contributed by atoms with Crippen LogP contribution in [0.2, 0.25) is 0 Å². The van der Waals surface area contributed by atoms with Crippen LogP contribution in [0.5, 0.6) is 0 Å². The third-order valence-corrected chi connectivity index (χ3v) is 20.6. The predicted octanol–water partition coefficient (Wildman–Crippen LogP) is 30.0. The Hall–Kier alpha value is -5.28. The summed E-state index contributed by atoms with van der Waals surface area (Å²) in [5.41, 5.74) is 31.8. The molecule has 0 saturated heterocycles. The third kappa shape index (κ3) is 34.9. The van der Waals surface area contributed by atoms with Crippen molar-refractivity contribution >= 4 is 43.6 Å². The second-order valence-electron chi connectivity index (χ2n) is 29.7. The minimum absolute atomic E-state index is 0. The van der Waals surface area contributed by atoms with Crippen LogP contribution in [-0.2, 0) is 308 Å². The van der Waals surface area contributed by atoms with Gasteiger partial charge in [0.1, 0.15) is 0 Å². The topological polar surface area (TPSA) is 9.86 Å². The summed E-state index contributed by atoms with van der Waals surface area (Å²) in [5, 5.41) is 5.24. The molecule has 21 aromatic rings. The van der Waals surface area contributed by atoms with Gasteiger partial charge in [-0.2, -0.15) is 253 Å². The van der Waals surface area contributed by atoms with Crippen LogP contribution in [0.15, 0.2) is 388 Å². The molecular formula is C122H88N2Y9-18. The van der Waals surface area contributed by atoms with Gasteiger partial charge in [-0.3, -0.25) is 23.3 Å². The zero-order valence-corrected chi connectivity index (χ0v) is 102. The van der Waals surface area contributed by atoms with Crippen molar-refractivity contribution in [2.75, 3.05) is 0 Å². The minimum Gasteiger partial charge on any atom is -0.383 e. The van der Waals surface area contributed by atoms with Crippen LogP contribution in [0.25, 0.3) is 144 Å². The van der Waals surface area contributed by atoms with Crippen molar-refractivity contribution in [1.82, 2.24) is 9.13 Å². The Bertz CT molecular complexity index is 6780. The fraction of sp³-hybridized carbons (Fsp3) is 0.0656. The van der Waals surface area contributed by atoms with Crippen LogP contribution < -0.4 is 0 Å². The zero-order chi connectivity index (χ0) is 85.6. The summed E-state index contributed by atoms with van der Waals surface area (Å²) in [4.78, 5) is 0. The Morgan fingerprint density at radius 2 is 0.474 bits per heavy atom. The van der Waals surface area contributed by atoms with Gasteiger partial charge in [-0.15, -0.1) is 144 Å². The monoisotopic (exact) mass is 2380 g/mol. The molecule has 0 aliphatic heterocycles. The van der Waals surface area contributed by atoms with Gasteiger partial charge in [0.15, 0.2) is 0 Å². The average Bonchev–Trinajstić information content (AvgIpc) is 1.63. The number of hydrogen-bond donors (Lipinski definition) is 0. The number of benzene rings is 19. The maximum atomic E-state index is 3.38.